The maximum Gasteiger partial charge on any atom is 0.128 e. The molecule has 0 aliphatic carbocycles. The standard InChI is InChI=1S/C11H16BrFN2/c1-8(6-14-2)15-7-9-3-4-10(12)5-11(9)13/h3-5,8,14-15H,6-7H2,1-2H3. The molecule has 0 aliphatic rings. The van der Waals surface area contributed by atoms with Crippen molar-refractivity contribution in [1.29, 1.82) is 0 Å². The molecule has 0 spiro atoms. The van der Waals surface area contributed by atoms with Crippen LogP contribution in [0.25, 0.3) is 0 Å². The Balaban J connectivity index is 2.50. The molecule has 0 amide bonds. The van der Waals surface area contributed by atoms with Gasteiger partial charge in [0.25, 0.3) is 0 Å². The predicted octanol–water partition coefficient (Wildman–Crippen LogP) is 2.29. The number of halogens is 2. The number of likely N-dealkylation sites (N-methyl/N-ethyl adjacent to an activating group) is 1. The van der Waals surface area contributed by atoms with E-state index >= 15 is 0 Å². The second-order valence-corrected chi connectivity index (χ2v) is 4.49. The monoisotopic (exact) mass is 274 g/mol. The summed E-state index contributed by atoms with van der Waals surface area (Å²) >= 11 is 3.23. The molecule has 15 heavy (non-hydrogen) atoms. The van der Waals surface area contributed by atoms with Crippen LogP contribution in [0.3, 0.4) is 0 Å². The first-order valence-electron chi connectivity index (χ1n) is 4.95. The van der Waals surface area contributed by atoms with Crippen LogP contribution in [-0.2, 0) is 6.54 Å². The second kappa shape index (κ2) is 6.20. The average molecular weight is 275 g/mol. The van der Waals surface area contributed by atoms with Crippen LogP contribution in [0.4, 0.5) is 4.39 Å². The van der Waals surface area contributed by atoms with Crippen molar-refractivity contribution in [3.8, 4) is 0 Å². The fraction of sp³-hybridized carbons (Fsp3) is 0.455. The summed E-state index contributed by atoms with van der Waals surface area (Å²) < 4.78 is 14.2. The first-order chi connectivity index (χ1) is 7.13. The quantitative estimate of drug-likeness (QED) is 0.861. The summed E-state index contributed by atoms with van der Waals surface area (Å²) in [5.74, 6) is -0.173. The van der Waals surface area contributed by atoms with E-state index in [1.807, 2.05) is 13.1 Å². The van der Waals surface area contributed by atoms with Gasteiger partial charge in [-0.25, -0.2) is 4.39 Å². The molecule has 0 aromatic heterocycles. The molecule has 1 aromatic rings. The van der Waals surface area contributed by atoms with E-state index < -0.39 is 0 Å². The average Bonchev–Trinajstić information content (AvgIpc) is 2.17. The molecule has 0 saturated heterocycles. The lowest BCUT2D eigenvalue weighted by atomic mass is 10.2. The number of benzene rings is 1. The Bertz CT molecular complexity index is 317. The van der Waals surface area contributed by atoms with Crippen LogP contribution < -0.4 is 10.6 Å². The fourth-order valence-corrected chi connectivity index (χ4v) is 1.66. The van der Waals surface area contributed by atoms with E-state index in [0.29, 0.717) is 18.2 Å². The van der Waals surface area contributed by atoms with Crippen LogP contribution in [0.2, 0.25) is 0 Å². The molecule has 0 saturated carbocycles. The molecule has 0 fully saturated rings. The minimum atomic E-state index is -0.173. The normalized spacial score (nSPS) is 12.8. The third-order valence-corrected chi connectivity index (χ3v) is 2.66. The van der Waals surface area contributed by atoms with Gasteiger partial charge in [0.15, 0.2) is 0 Å². The number of hydrogen-bond acceptors (Lipinski definition) is 2. The Morgan fingerprint density at radius 2 is 2.20 bits per heavy atom. The lowest BCUT2D eigenvalue weighted by Crippen LogP contribution is -2.34. The first kappa shape index (κ1) is 12.6. The molecule has 1 rings (SSSR count). The number of hydrogen-bond donors (Lipinski definition) is 2. The molecule has 0 aliphatic heterocycles. The molecule has 2 N–H and O–H groups in total. The highest BCUT2D eigenvalue weighted by molar-refractivity contribution is 9.10. The molecule has 0 bridgehead atoms. The molecular formula is C11H16BrFN2. The zero-order chi connectivity index (χ0) is 11.3. The van der Waals surface area contributed by atoms with E-state index in [1.54, 1.807) is 6.07 Å². The van der Waals surface area contributed by atoms with E-state index in [-0.39, 0.29) is 5.82 Å². The zero-order valence-electron chi connectivity index (χ0n) is 8.98. The molecule has 4 heteroatoms. The predicted molar refractivity (Wildman–Crippen MR) is 64.3 cm³/mol. The summed E-state index contributed by atoms with van der Waals surface area (Å²) in [6, 6.07) is 5.46. The molecule has 84 valence electrons. The minimum absolute atomic E-state index is 0.173. The maximum atomic E-state index is 13.4. The van der Waals surface area contributed by atoms with Gasteiger partial charge in [-0.2, -0.15) is 0 Å². The molecule has 1 aromatic carbocycles. The minimum Gasteiger partial charge on any atom is -0.318 e. The summed E-state index contributed by atoms with van der Waals surface area (Å²) in [5.41, 5.74) is 0.696. The van der Waals surface area contributed by atoms with Crippen molar-refractivity contribution in [3.05, 3.63) is 34.1 Å². The number of rotatable bonds is 5. The van der Waals surface area contributed by atoms with Crippen LogP contribution in [0.15, 0.2) is 22.7 Å². The molecular weight excluding hydrogens is 259 g/mol. The van der Waals surface area contributed by atoms with E-state index in [4.69, 9.17) is 0 Å². The van der Waals surface area contributed by atoms with Crippen LogP contribution in [0.5, 0.6) is 0 Å². The van der Waals surface area contributed by atoms with Gasteiger partial charge in [0.2, 0.25) is 0 Å². The largest absolute Gasteiger partial charge is 0.318 e. The Labute approximate surface area is 98.4 Å². The van der Waals surface area contributed by atoms with Crippen molar-refractivity contribution in [2.45, 2.75) is 19.5 Å². The fourth-order valence-electron chi connectivity index (χ4n) is 1.33. The Hall–Kier alpha value is -0.450. The molecule has 1 unspecified atom stereocenters. The van der Waals surface area contributed by atoms with E-state index in [2.05, 4.69) is 33.5 Å². The highest BCUT2D eigenvalue weighted by Gasteiger charge is 2.04. The van der Waals surface area contributed by atoms with E-state index in [0.717, 1.165) is 11.0 Å². The number of nitrogens with one attached hydrogen (secondary N) is 2. The lowest BCUT2D eigenvalue weighted by Gasteiger charge is -2.13. The van der Waals surface area contributed by atoms with Gasteiger partial charge in [-0.15, -0.1) is 0 Å². The van der Waals surface area contributed by atoms with Crippen molar-refractivity contribution in [2.75, 3.05) is 13.6 Å². The van der Waals surface area contributed by atoms with Gasteiger partial charge < -0.3 is 10.6 Å². The van der Waals surface area contributed by atoms with Crippen LogP contribution in [-0.4, -0.2) is 19.6 Å². The maximum absolute atomic E-state index is 13.4. The van der Waals surface area contributed by atoms with Crippen molar-refractivity contribution in [2.24, 2.45) is 0 Å². The lowest BCUT2D eigenvalue weighted by molar-refractivity contribution is 0.509. The summed E-state index contributed by atoms with van der Waals surface area (Å²) in [7, 11) is 1.90. The van der Waals surface area contributed by atoms with E-state index in [1.165, 1.54) is 6.07 Å². The molecule has 2 nitrogen and oxygen atoms in total. The van der Waals surface area contributed by atoms with Gasteiger partial charge in [-0.3, -0.25) is 0 Å². The van der Waals surface area contributed by atoms with Gasteiger partial charge in [0.05, 0.1) is 0 Å². The molecule has 1 atom stereocenters. The third kappa shape index (κ3) is 4.28. The van der Waals surface area contributed by atoms with Crippen LogP contribution in [0.1, 0.15) is 12.5 Å². The highest BCUT2D eigenvalue weighted by atomic mass is 79.9. The van der Waals surface area contributed by atoms with Gasteiger partial charge in [0, 0.05) is 29.2 Å². The Kier molecular flexibility index (Phi) is 5.22. The highest BCUT2D eigenvalue weighted by Crippen LogP contribution is 2.15. The van der Waals surface area contributed by atoms with Crippen molar-refractivity contribution in [1.82, 2.24) is 10.6 Å². The van der Waals surface area contributed by atoms with E-state index in [9.17, 15) is 4.39 Å². The summed E-state index contributed by atoms with van der Waals surface area (Å²) in [4.78, 5) is 0. The Morgan fingerprint density at radius 1 is 1.47 bits per heavy atom. The van der Waals surface area contributed by atoms with Crippen molar-refractivity contribution < 1.29 is 4.39 Å². The van der Waals surface area contributed by atoms with Gasteiger partial charge in [0.1, 0.15) is 5.82 Å². The summed E-state index contributed by atoms with van der Waals surface area (Å²) in [6.07, 6.45) is 0. The third-order valence-electron chi connectivity index (χ3n) is 2.17. The summed E-state index contributed by atoms with van der Waals surface area (Å²) in [5, 5.41) is 6.31. The SMILES string of the molecule is CNCC(C)NCc1ccc(Br)cc1F. The first-order valence-corrected chi connectivity index (χ1v) is 5.74. The van der Waals surface area contributed by atoms with Gasteiger partial charge in [-0.1, -0.05) is 22.0 Å². The molecule has 0 heterocycles. The van der Waals surface area contributed by atoms with Gasteiger partial charge in [-0.05, 0) is 26.1 Å². The zero-order valence-corrected chi connectivity index (χ0v) is 10.6. The van der Waals surface area contributed by atoms with Crippen molar-refractivity contribution >= 4 is 15.9 Å². The smallest absolute Gasteiger partial charge is 0.128 e. The molecule has 0 radical (unpaired) electrons. The van der Waals surface area contributed by atoms with Crippen molar-refractivity contribution in [3.63, 3.8) is 0 Å². The topological polar surface area (TPSA) is 24.1 Å². The van der Waals surface area contributed by atoms with Crippen LogP contribution >= 0.6 is 15.9 Å². The van der Waals surface area contributed by atoms with Gasteiger partial charge >= 0.3 is 0 Å². The van der Waals surface area contributed by atoms with Crippen LogP contribution in [0, 0.1) is 5.82 Å². The second-order valence-electron chi connectivity index (χ2n) is 3.58. The Morgan fingerprint density at radius 3 is 2.80 bits per heavy atom. The summed E-state index contributed by atoms with van der Waals surface area (Å²) in [6.45, 7) is 3.49.